The van der Waals surface area contributed by atoms with Crippen LogP contribution in [0.1, 0.15) is 46.0 Å². The molecule has 3 aliphatic rings. The Labute approximate surface area is 123 Å². The first kappa shape index (κ1) is 17.2. The summed E-state index contributed by atoms with van der Waals surface area (Å²) in [5.41, 5.74) is -0.744. The smallest absolute Gasteiger partial charge is 0.353 e. The average molecular weight is 298 g/mol. The first-order chi connectivity index (χ1) is 9.89. The van der Waals surface area contributed by atoms with Gasteiger partial charge < -0.3 is 20.1 Å². The third-order valence-electron chi connectivity index (χ3n) is 3.64. The SMILES string of the molecule is CC1=C2C=C(C(=O)O)CC1(C(=O)O)O2.CCCCCCO. The van der Waals surface area contributed by atoms with Gasteiger partial charge in [-0.15, -0.1) is 0 Å². The fourth-order valence-electron chi connectivity index (χ4n) is 2.23. The lowest BCUT2D eigenvalue weighted by atomic mass is 9.78. The molecule has 6 heteroatoms. The number of carboxylic acids is 2. The summed E-state index contributed by atoms with van der Waals surface area (Å²) in [6.45, 7) is 4.17. The van der Waals surface area contributed by atoms with Crippen molar-refractivity contribution in [3.05, 3.63) is 23.0 Å². The molecule has 3 rings (SSSR count). The normalized spacial score (nSPS) is 22.3. The Hall–Kier alpha value is -1.82. The number of aliphatic carboxylic acids is 2. The van der Waals surface area contributed by atoms with E-state index in [4.69, 9.17) is 20.1 Å². The van der Waals surface area contributed by atoms with Gasteiger partial charge in [0.15, 0.2) is 0 Å². The van der Waals surface area contributed by atoms with Crippen LogP contribution in [0.5, 0.6) is 0 Å². The molecule has 2 bridgehead atoms. The second kappa shape index (κ2) is 7.26. The van der Waals surface area contributed by atoms with Gasteiger partial charge in [0.2, 0.25) is 5.60 Å². The molecule has 2 heterocycles. The number of fused-ring (bicyclic) bond motifs is 1. The Morgan fingerprint density at radius 2 is 1.95 bits per heavy atom. The molecule has 1 atom stereocenters. The molecular formula is C15H22O6. The van der Waals surface area contributed by atoms with E-state index in [1.54, 1.807) is 6.92 Å². The largest absolute Gasteiger partial charge is 0.478 e. The van der Waals surface area contributed by atoms with Crippen LogP contribution in [0.2, 0.25) is 0 Å². The highest BCUT2D eigenvalue weighted by molar-refractivity contribution is 5.94. The minimum Gasteiger partial charge on any atom is -0.478 e. The van der Waals surface area contributed by atoms with Gasteiger partial charge in [0, 0.05) is 24.2 Å². The maximum Gasteiger partial charge on any atom is 0.353 e. The highest BCUT2D eigenvalue weighted by atomic mass is 16.5. The minimum atomic E-state index is -1.42. The molecule has 0 aromatic heterocycles. The van der Waals surface area contributed by atoms with E-state index in [-0.39, 0.29) is 12.0 Å². The van der Waals surface area contributed by atoms with Gasteiger partial charge in [-0.1, -0.05) is 26.2 Å². The van der Waals surface area contributed by atoms with Crippen LogP contribution in [0.15, 0.2) is 23.0 Å². The van der Waals surface area contributed by atoms with Crippen LogP contribution in [0.3, 0.4) is 0 Å². The zero-order valence-electron chi connectivity index (χ0n) is 12.4. The van der Waals surface area contributed by atoms with Crippen LogP contribution < -0.4 is 0 Å². The number of rotatable bonds is 6. The number of carboxylic acid groups (broad SMARTS) is 2. The zero-order valence-corrected chi connectivity index (χ0v) is 12.4. The fraction of sp³-hybridized carbons (Fsp3) is 0.600. The molecule has 1 unspecified atom stereocenters. The van der Waals surface area contributed by atoms with Crippen molar-refractivity contribution in [1.82, 2.24) is 0 Å². The Bertz CT molecular complexity index is 473. The van der Waals surface area contributed by atoms with Crippen LogP contribution in [0.25, 0.3) is 0 Å². The lowest BCUT2D eigenvalue weighted by molar-refractivity contribution is -0.163. The van der Waals surface area contributed by atoms with Gasteiger partial charge in [-0.05, 0) is 19.4 Å². The molecule has 3 N–H and O–H groups in total. The lowest BCUT2D eigenvalue weighted by Gasteiger charge is -2.44. The van der Waals surface area contributed by atoms with E-state index >= 15 is 0 Å². The molecule has 118 valence electrons. The van der Waals surface area contributed by atoms with E-state index in [0.717, 1.165) is 6.42 Å². The lowest BCUT2D eigenvalue weighted by Crippen LogP contribution is -2.52. The first-order valence-corrected chi connectivity index (χ1v) is 7.07. The summed E-state index contributed by atoms with van der Waals surface area (Å²) in [6.07, 6.45) is 5.96. The highest BCUT2D eigenvalue weighted by Gasteiger charge is 2.55. The maximum atomic E-state index is 10.9. The Kier molecular flexibility index (Phi) is 5.96. The van der Waals surface area contributed by atoms with Gasteiger partial charge in [-0.3, -0.25) is 0 Å². The first-order valence-electron chi connectivity index (χ1n) is 7.07. The molecule has 0 saturated carbocycles. The van der Waals surface area contributed by atoms with Gasteiger partial charge in [-0.25, -0.2) is 9.59 Å². The van der Waals surface area contributed by atoms with Crippen LogP contribution >= 0.6 is 0 Å². The van der Waals surface area contributed by atoms with Crippen molar-refractivity contribution in [2.75, 3.05) is 6.61 Å². The summed E-state index contributed by atoms with van der Waals surface area (Å²) in [5, 5.41) is 25.9. The Morgan fingerprint density at radius 1 is 1.29 bits per heavy atom. The van der Waals surface area contributed by atoms with Gasteiger partial charge in [-0.2, -0.15) is 0 Å². The quantitative estimate of drug-likeness (QED) is 0.649. The van der Waals surface area contributed by atoms with Gasteiger partial charge in [0.1, 0.15) is 5.76 Å². The van der Waals surface area contributed by atoms with Crippen LogP contribution in [0.4, 0.5) is 0 Å². The van der Waals surface area contributed by atoms with Crippen LogP contribution in [-0.2, 0) is 14.3 Å². The standard InChI is InChI=1S/C9H8O5.C6H14O/c1-4-6-2-5(7(10)11)3-9(4,14-6)8(12)13;1-2-3-4-5-6-7/h2H,3H2,1H3,(H,10,11)(H,12,13);7H,2-6H2,1H3. The van der Waals surface area contributed by atoms with E-state index in [0.29, 0.717) is 17.9 Å². The van der Waals surface area contributed by atoms with E-state index in [1.807, 2.05) is 0 Å². The predicted octanol–water partition coefficient (Wildman–Crippen LogP) is 2.09. The topological polar surface area (TPSA) is 104 Å². The van der Waals surface area contributed by atoms with E-state index in [2.05, 4.69) is 6.92 Å². The monoisotopic (exact) mass is 298 g/mol. The van der Waals surface area contributed by atoms with Crippen molar-refractivity contribution in [2.45, 2.75) is 51.6 Å². The van der Waals surface area contributed by atoms with Crippen molar-refractivity contribution >= 4 is 11.9 Å². The highest BCUT2D eigenvalue weighted by Crippen LogP contribution is 2.47. The van der Waals surface area contributed by atoms with E-state index in [1.165, 1.54) is 25.3 Å². The molecule has 0 aromatic rings. The molecule has 2 aliphatic heterocycles. The summed E-state index contributed by atoms with van der Waals surface area (Å²) >= 11 is 0. The molecule has 6 nitrogen and oxygen atoms in total. The molecule has 0 saturated heterocycles. The number of carbonyl (C=O) groups is 2. The van der Waals surface area contributed by atoms with Crippen molar-refractivity contribution in [2.24, 2.45) is 0 Å². The average Bonchev–Trinajstić information content (AvgIpc) is 2.47. The second-order valence-electron chi connectivity index (χ2n) is 5.16. The number of allylic oxidation sites excluding steroid dienone is 1. The van der Waals surface area contributed by atoms with Gasteiger partial charge in [0.05, 0.1) is 0 Å². The number of aliphatic hydroxyl groups excluding tert-OH is 1. The Morgan fingerprint density at radius 3 is 2.38 bits per heavy atom. The number of hydrogen-bond acceptors (Lipinski definition) is 4. The van der Waals surface area contributed by atoms with Crippen molar-refractivity contribution in [1.29, 1.82) is 0 Å². The maximum absolute atomic E-state index is 10.9. The number of unbranched alkanes of at least 4 members (excludes halogenated alkanes) is 3. The van der Waals surface area contributed by atoms with Crippen LogP contribution in [-0.4, -0.2) is 39.5 Å². The molecular weight excluding hydrogens is 276 g/mol. The number of aliphatic hydroxyl groups is 1. The summed E-state index contributed by atoms with van der Waals surface area (Å²) in [7, 11) is 0. The minimum absolute atomic E-state index is 0.0826. The third-order valence-corrected chi connectivity index (χ3v) is 3.64. The second-order valence-corrected chi connectivity index (χ2v) is 5.16. The molecule has 0 aromatic carbocycles. The summed E-state index contributed by atoms with van der Waals surface area (Å²) in [4.78, 5) is 21.6. The molecule has 0 radical (unpaired) electrons. The van der Waals surface area contributed by atoms with Gasteiger partial charge >= 0.3 is 11.9 Å². The molecule has 0 fully saturated rings. The molecule has 21 heavy (non-hydrogen) atoms. The summed E-state index contributed by atoms with van der Waals surface area (Å²) in [6, 6.07) is 0. The summed E-state index contributed by atoms with van der Waals surface area (Å²) < 4.78 is 5.06. The van der Waals surface area contributed by atoms with E-state index < -0.39 is 17.5 Å². The Balaban J connectivity index is 0.000000270. The van der Waals surface area contributed by atoms with Crippen molar-refractivity contribution in [3.8, 4) is 0 Å². The summed E-state index contributed by atoms with van der Waals surface area (Å²) in [5.74, 6) is -1.86. The zero-order chi connectivity index (χ0) is 16.0. The van der Waals surface area contributed by atoms with Crippen molar-refractivity contribution < 1.29 is 29.6 Å². The molecule has 0 amide bonds. The van der Waals surface area contributed by atoms with E-state index in [9.17, 15) is 9.59 Å². The number of ether oxygens (including phenoxy) is 1. The van der Waals surface area contributed by atoms with Crippen molar-refractivity contribution in [3.63, 3.8) is 0 Å². The predicted molar refractivity (Wildman–Crippen MR) is 75.7 cm³/mol. The fourth-order valence-corrected chi connectivity index (χ4v) is 2.23. The number of hydrogen-bond donors (Lipinski definition) is 3. The van der Waals surface area contributed by atoms with Crippen LogP contribution in [0, 0.1) is 0 Å². The molecule has 1 aliphatic carbocycles. The van der Waals surface area contributed by atoms with Gasteiger partial charge in [0.25, 0.3) is 0 Å². The third kappa shape index (κ3) is 3.64. The molecule has 0 spiro atoms.